The van der Waals surface area contributed by atoms with Gasteiger partial charge in [0.15, 0.2) is 22.7 Å². The molecule has 37 heavy (non-hydrogen) atoms. The van der Waals surface area contributed by atoms with Crippen molar-refractivity contribution in [1.82, 2.24) is 10.3 Å². The molecule has 2 amide bonds. The summed E-state index contributed by atoms with van der Waals surface area (Å²) in [5.41, 5.74) is 2.70. The average molecular weight is 501 g/mol. The van der Waals surface area contributed by atoms with Gasteiger partial charge in [0.1, 0.15) is 5.58 Å². The summed E-state index contributed by atoms with van der Waals surface area (Å²) in [6, 6.07) is 12.6. The molecule has 188 valence electrons. The SMILES string of the molecule is COc1cc(NC(=O)c2cc(=O)c3ccccc3o2)c(C(=O)Nc2cnc3c(c2)CNCC3)cc1OC. The highest BCUT2D eigenvalue weighted by Crippen LogP contribution is 2.34. The third-order valence-corrected chi connectivity index (χ3v) is 6.05. The van der Waals surface area contributed by atoms with Gasteiger partial charge >= 0.3 is 0 Å². The van der Waals surface area contributed by atoms with Crippen LogP contribution in [-0.4, -0.2) is 37.6 Å². The van der Waals surface area contributed by atoms with Gasteiger partial charge in [-0.15, -0.1) is 0 Å². The van der Waals surface area contributed by atoms with Gasteiger partial charge in [-0.1, -0.05) is 12.1 Å². The van der Waals surface area contributed by atoms with Gasteiger partial charge in [-0.05, 0) is 29.8 Å². The van der Waals surface area contributed by atoms with Gasteiger partial charge in [0.05, 0.1) is 42.7 Å². The number of methoxy groups -OCH3 is 2. The van der Waals surface area contributed by atoms with Gasteiger partial charge in [0, 0.05) is 37.3 Å². The summed E-state index contributed by atoms with van der Waals surface area (Å²) in [4.78, 5) is 43.4. The smallest absolute Gasteiger partial charge is 0.291 e. The van der Waals surface area contributed by atoms with Crippen LogP contribution in [0, 0.1) is 0 Å². The van der Waals surface area contributed by atoms with E-state index in [9.17, 15) is 14.4 Å². The van der Waals surface area contributed by atoms with Crippen LogP contribution in [0.15, 0.2) is 63.9 Å². The number of hydrogen-bond acceptors (Lipinski definition) is 8. The zero-order chi connectivity index (χ0) is 25.9. The Hall–Kier alpha value is -4.70. The Morgan fingerprint density at radius 1 is 1.00 bits per heavy atom. The first kappa shape index (κ1) is 24.0. The summed E-state index contributed by atoms with van der Waals surface area (Å²) in [6.45, 7) is 1.53. The van der Waals surface area contributed by atoms with E-state index >= 15 is 0 Å². The number of hydrogen-bond donors (Lipinski definition) is 3. The van der Waals surface area contributed by atoms with Gasteiger partial charge in [0.25, 0.3) is 11.8 Å². The number of nitrogens with zero attached hydrogens (tertiary/aromatic N) is 1. The maximum Gasteiger partial charge on any atom is 0.291 e. The largest absolute Gasteiger partial charge is 0.493 e. The number of carbonyl (C=O) groups is 2. The first-order valence-electron chi connectivity index (χ1n) is 11.6. The Morgan fingerprint density at radius 2 is 1.78 bits per heavy atom. The van der Waals surface area contributed by atoms with E-state index in [0.717, 1.165) is 30.3 Å². The fourth-order valence-corrected chi connectivity index (χ4v) is 4.18. The third-order valence-electron chi connectivity index (χ3n) is 6.05. The number of anilines is 2. The average Bonchev–Trinajstić information content (AvgIpc) is 2.92. The van der Waals surface area contributed by atoms with Crippen molar-refractivity contribution in [2.24, 2.45) is 0 Å². The fourth-order valence-electron chi connectivity index (χ4n) is 4.18. The Morgan fingerprint density at radius 3 is 2.59 bits per heavy atom. The normalized spacial score (nSPS) is 12.5. The number of amides is 2. The third kappa shape index (κ3) is 4.87. The molecule has 1 aliphatic rings. The summed E-state index contributed by atoms with van der Waals surface area (Å²) in [5, 5.41) is 9.14. The standard InChI is InChI=1S/C27H24N4O6/c1-35-23-10-18(26(33)30-16-9-15-13-28-8-7-19(15)29-14-16)20(11-24(23)36-2)31-27(34)25-12-21(32)17-5-3-4-6-22(17)37-25/h3-6,9-12,14,28H,7-8,13H2,1-2H3,(H,30,33)(H,31,34). The topological polar surface area (TPSA) is 132 Å². The molecular weight excluding hydrogens is 476 g/mol. The van der Waals surface area contributed by atoms with Gasteiger partial charge in [0.2, 0.25) is 0 Å². The number of carbonyl (C=O) groups excluding carboxylic acids is 2. The molecule has 0 bridgehead atoms. The van der Waals surface area contributed by atoms with E-state index < -0.39 is 11.8 Å². The Bertz CT molecular complexity index is 1580. The van der Waals surface area contributed by atoms with Crippen LogP contribution in [0.25, 0.3) is 11.0 Å². The minimum absolute atomic E-state index is 0.116. The lowest BCUT2D eigenvalue weighted by molar-refractivity contribution is 0.0997. The van der Waals surface area contributed by atoms with Crippen molar-refractivity contribution >= 4 is 34.2 Å². The molecule has 0 saturated carbocycles. The zero-order valence-corrected chi connectivity index (χ0v) is 20.2. The molecule has 10 heteroatoms. The molecule has 1 aliphatic heterocycles. The summed E-state index contributed by atoms with van der Waals surface area (Å²) in [7, 11) is 2.89. The molecule has 10 nitrogen and oxygen atoms in total. The molecule has 2 aromatic carbocycles. The van der Waals surface area contributed by atoms with Gasteiger partial charge < -0.3 is 29.8 Å². The molecule has 0 spiro atoms. The van der Waals surface area contributed by atoms with E-state index in [2.05, 4.69) is 20.9 Å². The van der Waals surface area contributed by atoms with Crippen LogP contribution in [0.4, 0.5) is 11.4 Å². The minimum atomic E-state index is -0.703. The molecule has 2 aromatic heterocycles. The summed E-state index contributed by atoms with van der Waals surface area (Å²) >= 11 is 0. The lowest BCUT2D eigenvalue weighted by atomic mass is 10.1. The molecule has 0 unspecified atom stereocenters. The van der Waals surface area contributed by atoms with Gasteiger partial charge in [-0.25, -0.2) is 0 Å². The van der Waals surface area contributed by atoms with E-state index in [1.807, 2.05) is 6.07 Å². The van der Waals surface area contributed by atoms with E-state index in [1.165, 1.54) is 26.4 Å². The molecule has 5 rings (SSSR count). The van der Waals surface area contributed by atoms with Crippen molar-refractivity contribution in [3.8, 4) is 11.5 Å². The van der Waals surface area contributed by atoms with Gasteiger partial charge in [-0.3, -0.25) is 19.4 Å². The van der Waals surface area contributed by atoms with Crippen molar-refractivity contribution in [1.29, 1.82) is 0 Å². The van der Waals surface area contributed by atoms with Crippen LogP contribution in [0.1, 0.15) is 32.2 Å². The molecule has 0 aliphatic carbocycles. The maximum atomic E-state index is 13.3. The monoisotopic (exact) mass is 500 g/mol. The second-order valence-corrected chi connectivity index (χ2v) is 8.39. The highest BCUT2D eigenvalue weighted by Gasteiger charge is 2.21. The fraction of sp³-hybridized carbons (Fsp3) is 0.185. The molecule has 0 saturated heterocycles. The van der Waals surface area contributed by atoms with Crippen LogP contribution >= 0.6 is 0 Å². The van der Waals surface area contributed by atoms with E-state index in [0.29, 0.717) is 29.1 Å². The predicted octanol–water partition coefficient (Wildman–Crippen LogP) is 3.36. The Kier molecular flexibility index (Phi) is 6.57. The number of pyridine rings is 1. The van der Waals surface area contributed by atoms with Crippen molar-refractivity contribution in [3.05, 3.63) is 87.5 Å². The number of fused-ring (bicyclic) bond motifs is 2. The maximum absolute atomic E-state index is 13.3. The number of aromatic nitrogens is 1. The molecule has 0 radical (unpaired) electrons. The van der Waals surface area contributed by atoms with E-state index in [4.69, 9.17) is 13.9 Å². The number of nitrogens with one attached hydrogen (secondary N) is 3. The molecule has 3 heterocycles. The molecule has 4 aromatic rings. The Balaban J connectivity index is 1.48. The van der Waals surface area contributed by atoms with Crippen molar-refractivity contribution < 1.29 is 23.5 Å². The van der Waals surface area contributed by atoms with Crippen LogP contribution < -0.4 is 30.9 Å². The highest BCUT2D eigenvalue weighted by atomic mass is 16.5. The first-order valence-corrected chi connectivity index (χ1v) is 11.6. The lowest BCUT2D eigenvalue weighted by Gasteiger charge is -2.18. The van der Waals surface area contributed by atoms with Gasteiger partial charge in [-0.2, -0.15) is 0 Å². The van der Waals surface area contributed by atoms with Crippen molar-refractivity contribution in [2.75, 3.05) is 31.4 Å². The number of para-hydroxylation sites is 1. The lowest BCUT2D eigenvalue weighted by Crippen LogP contribution is -2.25. The quantitative estimate of drug-likeness (QED) is 0.367. The van der Waals surface area contributed by atoms with Crippen LogP contribution in [0.3, 0.4) is 0 Å². The Labute approximate surface area is 211 Å². The summed E-state index contributed by atoms with van der Waals surface area (Å²) in [5.74, 6) is -0.796. The van der Waals surface area contributed by atoms with E-state index in [-0.39, 0.29) is 28.0 Å². The second kappa shape index (κ2) is 10.1. The highest BCUT2D eigenvalue weighted by molar-refractivity contribution is 6.12. The van der Waals surface area contributed by atoms with Crippen LogP contribution in [0.2, 0.25) is 0 Å². The zero-order valence-electron chi connectivity index (χ0n) is 20.2. The molecule has 0 fully saturated rings. The van der Waals surface area contributed by atoms with Crippen LogP contribution in [0.5, 0.6) is 11.5 Å². The van der Waals surface area contributed by atoms with Crippen molar-refractivity contribution in [2.45, 2.75) is 13.0 Å². The second-order valence-electron chi connectivity index (χ2n) is 8.39. The summed E-state index contributed by atoms with van der Waals surface area (Å²) in [6.07, 6.45) is 2.42. The predicted molar refractivity (Wildman–Crippen MR) is 138 cm³/mol. The molecule has 3 N–H and O–H groups in total. The number of ether oxygens (including phenoxy) is 2. The summed E-state index contributed by atoms with van der Waals surface area (Å²) < 4.78 is 16.4. The van der Waals surface area contributed by atoms with Crippen molar-refractivity contribution in [3.63, 3.8) is 0 Å². The minimum Gasteiger partial charge on any atom is -0.493 e. The van der Waals surface area contributed by atoms with E-state index in [1.54, 1.807) is 30.5 Å². The van der Waals surface area contributed by atoms with Crippen LogP contribution in [-0.2, 0) is 13.0 Å². The number of benzene rings is 2. The molecular formula is C27H24N4O6. The first-order chi connectivity index (χ1) is 18.0. The number of rotatable bonds is 6. The molecule has 0 atom stereocenters.